The predicted octanol–water partition coefficient (Wildman–Crippen LogP) is 1.95. The Bertz CT molecular complexity index is 273. The first-order chi connectivity index (χ1) is 8.11. The molecule has 2 N–H and O–H groups in total. The van der Waals surface area contributed by atoms with E-state index in [2.05, 4.69) is 0 Å². The Morgan fingerprint density at radius 1 is 1.00 bits per heavy atom. The molecule has 1 aliphatic heterocycles. The van der Waals surface area contributed by atoms with Crippen molar-refractivity contribution in [3.05, 3.63) is 0 Å². The summed E-state index contributed by atoms with van der Waals surface area (Å²) in [5.74, 6) is -0.840. The minimum Gasteiger partial charge on any atom is -0.481 e. The van der Waals surface area contributed by atoms with Crippen LogP contribution in [-0.4, -0.2) is 35.0 Å². The SMILES string of the molecule is O=C(O)C1(C2(O)CCCOC2)CCCCCC1. The smallest absolute Gasteiger partial charge is 0.312 e. The van der Waals surface area contributed by atoms with Gasteiger partial charge in [-0.3, -0.25) is 4.79 Å². The zero-order chi connectivity index (χ0) is 12.4. The second-order valence-corrected chi connectivity index (χ2v) is 5.49. The maximum absolute atomic E-state index is 11.7. The fourth-order valence-electron chi connectivity index (χ4n) is 3.37. The van der Waals surface area contributed by atoms with E-state index in [1.54, 1.807) is 0 Å². The first-order valence-electron chi connectivity index (χ1n) is 6.64. The van der Waals surface area contributed by atoms with E-state index < -0.39 is 17.0 Å². The summed E-state index contributed by atoms with van der Waals surface area (Å²) in [6.45, 7) is 0.817. The third kappa shape index (κ3) is 2.20. The van der Waals surface area contributed by atoms with Crippen LogP contribution in [0.1, 0.15) is 51.4 Å². The summed E-state index contributed by atoms with van der Waals surface area (Å²) in [5, 5.41) is 20.4. The average Bonchev–Trinajstić information content (AvgIpc) is 2.56. The highest BCUT2D eigenvalue weighted by Crippen LogP contribution is 2.47. The van der Waals surface area contributed by atoms with E-state index in [0.29, 0.717) is 25.9 Å². The molecule has 17 heavy (non-hydrogen) atoms. The monoisotopic (exact) mass is 242 g/mol. The summed E-state index contributed by atoms with van der Waals surface area (Å²) in [6.07, 6.45) is 6.43. The molecule has 0 aromatic rings. The molecule has 1 saturated carbocycles. The Hall–Kier alpha value is -0.610. The van der Waals surface area contributed by atoms with Crippen LogP contribution in [0, 0.1) is 5.41 Å². The molecule has 0 bridgehead atoms. The molecular weight excluding hydrogens is 220 g/mol. The molecule has 2 rings (SSSR count). The third-order valence-electron chi connectivity index (χ3n) is 4.48. The summed E-state index contributed by atoms with van der Waals surface area (Å²) in [4.78, 5) is 11.7. The average molecular weight is 242 g/mol. The lowest BCUT2D eigenvalue weighted by atomic mass is 9.64. The second kappa shape index (κ2) is 4.94. The van der Waals surface area contributed by atoms with Crippen molar-refractivity contribution >= 4 is 5.97 Å². The minimum absolute atomic E-state index is 0.180. The Kier molecular flexibility index (Phi) is 3.73. The molecule has 0 radical (unpaired) electrons. The van der Waals surface area contributed by atoms with Crippen LogP contribution in [0.3, 0.4) is 0 Å². The third-order valence-corrected chi connectivity index (χ3v) is 4.48. The van der Waals surface area contributed by atoms with Crippen molar-refractivity contribution in [3.8, 4) is 0 Å². The van der Waals surface area contributed by atoms with E-state index >= 15 is 0 Å². The molecule has 0 aromatic heterocycles. The van der Waals surface area contributed by atoms with Crippen molar-refractivity contribution < 1.29 is 19.7 Å². The lowest BCUT2D eigenvalue weighted by Crippen LogP contribution is -2.57. The van der Waals surface area contributed by atoms with Gasteiger partial charge in [0.2, 0.25) is 0 Å². The summed E-state index contributed by atoms with van der Waals surface area (Å²) in [6, 6.07) is 0. The van der Waals surface area contributed by atoms with Gasteiger partial charge in [0.05, 0.1) is 12.0 Å². The van der Waals surface area contributed by atoms with Gasteiger partial charge in [0.1, 0.15) is 5.60 Å². The summed E-state index contributed by atoms with van der Waals surface area (Å²) < 4.78 is 5.34. The topological polar surface area (TPSA) is 66.8 Å². The zero-order valence-electron chi connectivity index (χ0n) is 10.3. The maximum Gasteiger partial charge on any atom is 0.312 e. The number of ether oxygens (including phenoxy) is 1. The van der Waals surface area contributed by atoms with Crippen molar-refractivity contribution in [2.45, 2.75) is 57.0 Å². The van der Waals surface area contributed by atoms with Gasteiger partial charge in [-0.2, -0.15) is 0 Å². The maximum atomic E-state index is 11.7. The largest absolute Gasteiger partial charge is 0.481 e. The lowest BCUT2D eigenvalue weighted by Gasteiger charge is -2.46. The van der Waals surface area contributed by atoms with Crippen LogP contribution in [0.2, 0.25) is 0 Å². The van der Waals surface area contributed by atoms with Gasteiger partial charge >= 0.3 is 5.97 Å². The van der Waals surface area contributed by atoms with Crippen molar-refractivity contribution in [3.63, 3.8) is 0 Å². The zero-order valence-corrected chi connectivity index (χ0v) is 10.3. The number of carboxylic acid groups (broad SMARTS) is 1. The highest BCUT2D eigenvalue weighted by molar-refractivity contribution is 5.76. The number of rotatable bonds is 2. The standard InChI is InChI=1S/C13H22O4/c14-11(15)12(6-3-1-2-4-7-12)13(16)8-5-9-17-10-13/h16H,1-10H2,(H,14,15). The molecule has 0 aromatic carbocycles. The number of aliphatic hydroxyl groups is 1. The van der Waals surface area contributed by atoms with E-state index in [1.807, 2.05) is 0 Å². The molecule has 0 amide bonds. The van der Waals surface area contributed by atoms with Gasteiger partial charge in [-0.05, 0) is 25.7 Å². The number of hydrogen-bond acceptors (Lipinski definition) is 3. The van der Waals surface area contributed by atoms with Crippen molar-refractivity contribution in [2.75, 3.05) is 13.2 Å². The molecule has 4 heteroatoms. The van der Waals surface area contributed by atoms with Crippen LogP contribution in [-0.2, 0) is 9.53 Å². The van der Waals surface area contributed by atoms with Gasteiger partial charge in [-0.15, -0.1) is 0 Å². The van der Waals surface area contributed by atoms with E-state index in [-0.39, 0.29) is 6.61 Å². The first-order valence-corrected chi connectivity index (χ1v) is 6.64. The molecule has 4 nitrogen and oxygen atoms in total. The normalized spacial score (nSPS) is 33.9. The van der Waals surface area contributed by atoms with Gasteiger partial charge in [0, 0.05) is 6.61 Å². The molecular formula is C13H22O4. The quantitative estimate of drug-likeness (QED) is 0.726. The molecule has 1 unspecified atom stereocenters. The molecule has 1 aliphatic carbocycles. The van der Waals surface area contributed by atoms with E-state index in [9.17, 15) is 15.0 Å². The highest BCUT2D eigenvalue weighted by Gasteiger charge is 2.56. The molecule has 2 fully saturated rings. The molecule has 1 saturated heterocycles. The Balaban J connectivity index is 2.27. The molecule has 2 aliphatic rings. The molecule has 1 atom stereocenters. The van der Waals surface area contributed by atoms with E-state index in [4.69, 9.17) is 4.74 Å². The fraction of sp³-hybridized carbons (Fsp3) is 0.923. The summed E-state index contributed by atoms with van der Waals surface area (Å²) in [5.41, 5.74) is -2.15. The molecule has 98 valence electrons. The van der Waals surface area contributed by atoms with Gasteiger partial charge in [-0.25, -0.2) is 0 Å². The number of carboxylic acids is 1. The number of aliphatic carboxylic acids is 1. The van der Waals surface area contributed by atoms with Gasteiger partial charge in [-0.1, -0.05) is 25.7 Å². The Labute approximate surface area is 102 Å². The minimum atomic E-state index is -1.17. The second-order valence-electron chi connectivity index (χ2n) is 5.49. The van der Waals surface area contributed by atoms with Crippen LogP contribution in [0.5, 0.6) is 0 Å². The van der Waals surface area contributed by atoms with E-state index in [0.717, 1.165) is 32.1 Å². The Morgan fingerprint density at radius 2 is 1.65 bits per heavy atom. The van der Waals surface area contributed by atoms with Crippen molar-refractivity contribution in [1.29, 1.82) is 0 Å². The van der Waals surface area contributed by atoms with Crippen LogP contribution in [0.25, 0.3) is 0 Å². The number of carbonyl (C=O) groups is 1. The van der Waals surface area contributed by atoms with Crippen molar-refractivity contribution in [1.82, 2.24) is 0 Å². The van der Waals surface area contributed by atoms with Gasteiger partial charge in [0.25, 0.3) is 0 Å². The lowest BCUT2D eigenvalue weighted by molar-refractivity contribution is -0.194. The Morgan fingerprint density at radius 3 is 2.12 bits per heavy atom. The van der Waals surface area contributed by atoms with E-state index in [1.165, 1.54) is 0 Å². The van der Waals surface area contributed by atoms with Gasteiger partial charge < -0.3 is 14.9 Å². The first kappa shape index (κ1) is 12.8. The van der Waals surface area contributed by atoms with Crippen molar-refractivity contribution in [2.24, 2.45) is 5.41 Å². The van der Waals surface area contributed by atoms with Crippen LogP contribution < -0.4 is 0 Å². The highest BCUT2D eigenvalue weighted by atomic mass is 16.5. The number of hydrogen-bond donors (Lipinski definition) is 2. The molecule has 1 heterocycles. The summed E-state index contributed by atoms with van der Waals surface area (Å²) in [7, 11) is 0. The van der Waals surface area contributed by atoms with Gasteiger partial charge in [0.15, 0.2) is 0 Å². The van der Waals surface area contributed by atoms with Crippen LogP contribution >= 0.6 is 0 Å². The molecule has 0 spiro atoms. The summed E-state index contributed by atoms with van der Waals surface area (Å²) >= 11 is 0. The fourth-order valence-corrected chi connectivity index (χ4v) is 3.37. The predicted molar refractivity (Wildman–Crippen MR) is 62.8 cm³/mol. The van der Waals surface area contributed by atoms with Crippen LogP contribution in [0.4, 0.5) is 0 Å². The van der Waals surface area contributed by atoms with Crippen LogP contribution in [0.15, 0.2) is 0 Å².